The summed E-state index contributed by atoms with van der Waals surface area (Å²) in [6, 6.07) is 0.264. The second-order valence-electron chi connectivity index (χ2n) is 16.5. The van der Waals surface area contributed by atoms with Crippen LogP contribution in [0.15, 0.2) is 25.3 Å². The Morgan fingerprint density at radius 2 is 0.742 bits per heavy atom. The fourth-order valence-corrected chi connectivity index (χ4v) is 8.88. The summed E-state index contributed by atoms with van der Waals surface area (Å²) < 4.78 is 30.4. The van der Waals surface area contributed by atoms with E-state index in [4.69, 9.17) is 23.7 Å². The molecule has 0 aliphatic heterocycles. The van der Waals surface area contributed by atoms with Crippen molar-refractivity contribution in [1.82, 2.24) is 21.3 Å². The molecule has 4 aliphatic carbocycles. The second-order valence-corrected chi connectivity index (χ2v) is 16.5. The largest absolute Gasteiger partial charge is 0.459 e. The molecular formula is C50H98N4O12. The van der Waals surface area contributed by atoms with Crippen molar-refractivity contribution < 1.29 is 57.2 Å². The van der Waals surface area contributed by atoms with Gasteiger partial charge in [0.2, 0.25) is 6.79 Å². The lowest BCUT2D eigenvalue weighted by molar-refractivity contribution is -0.145. The van der Waals surface area contributed by atoms with E-state index in [1.54, 1.807) is 6.92 Å². The molecule has 0 bridgehead atoms. The van der Waals surface area contributed by atoms with Crippen molar-refractivity contribution in [3.05, 3.63) is 25.3 Å². The van der Waals surface area contributed by atoms with Gasteiger partial charge in [0, 0.05) is 36.3 Å². The molecule has 16 nitrogen and oxygen atoms in total. The van der Waals surface area contributed by atoms with E-state index in [9.17, 15) is 28.8 Å². The highest BCUT2D eigenvalue weighted by molar-refractivity contribution is 5.81. The zero-order chi connectivity index (χ0) is 41.7. The summed E-state index contributed by atoms with van der Waals surface area (Å²) in [4.78, 5) is 71.2. The lowest BCUT2D eigenvalue weighted by Crippen LogP contribution is -2.41. The van der Waals surface area contributed by atoms with Crippen LogP contribution in [0.1, 0.15) is 182 Å². The first-order valence-corrected chi connectivity index (χ1v) is 21.3. The van der Waals surface area contributed by atoms with Crippen LogP contribution in [0, 0.1) is 23.7 Å². The molecule has 4 saturated carbocycles. The van der Waals surface area contributed by atoms with Gasteiger partial charge in [-0.15, -0.1) is 0 Å². The van der Waals surface area contributed by atoms with Gasteiger partial charge in [-0.25, -0.2) is 28.8 Å². The summed E-state index contributed by atoms with van der Waals surface area (Å²) in [5.74, 6) is 1.27. The fraction of sp³-hybridized carbons (Fsp3) is 0.800. The van der Waals surface area contributed by atoms with Gasteiger partial charge in [0.1, 0.15) is 25.9 Å². The van der Waals surface area contributed by atoms with Gasteiger partial charge in [0.25, 0.3) is 0 Å². The molecule has 4 amide bonds. The zero-order valence-corrected chi connectivity index (χ0v) is 34.2. The number of esters is 2. The Kier molecular flexibility index (Phi) is 41.2. The molecule has 390 valence electrons. The first kappa shape index (κ1) is 70.5. The van der Waals surface area contributed by atoms with Crippen LogP contribution >= 0.6 is 0 Å². The van der Waals surface area contributed by atoms with E-state index >= 15 is 0 Å². The van der Waals surface area contributed by atoms with E-state index in [0.717, 1.165) is 128 Å². The molecule has 4 N–H and O–H groups in total. The number of hydrogen-bond donors (Lipinski definition) is 4. The van der Waals surface area contributed by atoms with Crippen molar-refractivity contribution in [2.75, 3.05) is 26.6 Å². The quantitative estimate of drug-likeness (QED) is 0.0333. The van der Waals surface area contributed by atoms with E-state index in [-0.39, 0.29) is 103 Å². The van der Waals surface area contributed by atoms with Gasteiger partial charge in [-0.3, -0.25) is 0 Å². The Hall–Kier alpha value is -4.50. The van der Waals surface area contributed by atoms with E-state index < -0.39 is 49.2 Å². The molecular weight excluding hydrogens is 849 g/mol. The van der Waals surface area contributed by atoms with Gasteiger partial charge >= 0.3 is 36.3 Å². The van der Waals surface area contributed by atoms with Crippen molar-refractivity contribution in [3.8, 4) is 0 Å². The molecule has 66 heavy (non-hydrogen) atoms. The van der Waals surface area contributed by atoms with Crippen LogP contribution in [0.2, 0.25) is 0 Å². The summed E-state index contributed by atoms with van der Waals surface area (Å²) in [5.41, 5.74) is 0. The molecule has 0 aromatic rings. The summed E-state index contributed by atoms with van der Waals surface area (Å²) in [6.45, 7) is 7.86. The van der Waals surface area contributed by atoms with Crippen LogP contribution in [0.5, 0.6) is 0 Å². The predicted molar refractivity (Wildman–Crippen MR) is 266 cm³/mol. The number of nitrogens with one attached hydrogen (secondary N) is 4. The van der Waals surface area contributed by atoms with Gasteiger partial charge in [-0.1, -0.05) is 72.6 Å². The van der Waals surface area contributed by atoms with Crippen molar-refractivity contribution in [3.63, 3.8) is 0 Å². The van der Waals surface area contributed by atoms with Gasteiger partial charge in [-0.2, -0.15) is 0 Å². The van der Waals surface area contributed by atoms with Gasteiger partial charge in [-0.05, 0) is 146 Å². The maximum absolute atomic E-state index is 12.6. The molecule has 0 aromatic heterocycles. The van der Waals surface area contributed by atoms with E-state index in [0.29, 0.717) is 23.7 Å². The molecule has 4 fully saturated rings. The standard InChI is InChI=1S/C42H66N4O12.8CH4/c1-4-37(47)53-22-23-54-39(49)43-33-14-6-29(7-15-33)24-30-8-16-34(17-9-30)44-40(50)55-26-28(3)58-42(52)46-36-20-12-32(13-21-36)25-31-10-18-35(19-11-31)45-41(51)57-27-56-38(48)5-2;;;;;;;;/h4-5,28-36H,1-2,6-27H2,3H3,(H,43,49)(H,44,50)(H,45,51)(H,46,52);8*1H4. The van der Waals surface area contributed by atoms with Crippen LogP contribution < -0.4 is 21.3 Å². The van der Waals surface area contributed by atoms with E-state index in [2.05, 4.69) is 39.2 Å². The van der Waals surface area contributed by atoms with Crippen molar-refractivity contribution in [2.24, 2.45) is 23.7 Å². The lowest BCUT2D eigenvalue weighted by atomic mass is 9.76. The summed E-state index contributed by atoms with van der Waals surface area (Å²) in [7, 11) is 0. The van der Waals surface area contributed by atoms with Crippen LogP contribution in [0.4, 0.5) is 19.2 Å². The summed E-state index contributed by atoms with van der Waals surface area (Å²) in [6.07, 6.45) is 17.3. The molecule has 0 heterocycles. The number of carbonyl (C=O) groups is 6. The molecule has 0 saturated heterocycles. The number of ether oxygens (including phenoxy) is 6. The van der Waals surface area contributed by atoms with Gasteiger partial charge in [0.15, 0.2) is 0 Å². The van der Waals surface area contributed by atoms with Crippen LogP contribution in [-0.4, -0.2) is 93.2 Å². The fourth-order valence-electron chi connectivity index (χ4n) is 8.88. The first-order valence-electron chi connectivity index (χ1n) is 21.3. The number of carbonyl (C=O) groups excluding carboxylic acids is 6. The predicted octanol–water partition coefficient (Wildman–Crippen LogP) is 11.8. The van der Waals surface area contributed by atoms with Crippen LogP contribution in [0.3, 0.4) is 0 Å². The Labute approximate surface area is 401 Å². The van der Waals surface area contributed by atoms with Crippen molar-refractivity contribution in [2.45, 2.75) is 212 Å². The number of hydrogen-bond acceptors (Lipinski definition) is 12. The van der Waals surface area contributed by atoms with Gasteiger partial charge < -0.3 is 49.7 Å². The molecule has 0 aromatic carbocycles. The Morgan fingerprint density at radius 1 is 0.439 bits per heavy atom. The highest BCUT2D eigenvalue weighted by atomic mass is 16.7. The Bertz CT molecular complexity index is 1350. The minimum Gasteiger partial charge on any atom is -0.459 e. The maximum Gasteiger partial charge on any atom is 0.410 e. The third-order valence-corrected chi connectivity index (χ3v) is 12.1. The van der Waals surface area contributed by atoms with Crippen LogP contribution in [0.25, 0.3) is 0 Å². The molecule has 1 unspecified atom stereocenters. The monoisotopic (exact) mass is 947 g/mol. The topological polar surface area (TPSA) is 206 Å². The second kappa shape index (κ2) is 38.6. The molecule has 0 radical (unpaired) electrons. The minimum atomic E-state index is -0.644. The molecule has 1 atom stereocenters. The molecule has 16 heteroatoms. The van der Waals surface area contributed by atoms with E-state index in [1.165, 1.54) is 0 Å². The Morgan fingerprint density at radius 3 is 1.11 bits per heavy atom. The minimum absolute atomic E-state index is 0. The maximum atomic E-state index is 12.6. The third kappa shape index (κ3) is 27.9. The van der Waals surface area contributed by atoms with Crippen molar-refractivity contribution in [1.29, 1.82) is 0 Å². The van der Waals surface area contributed by atoms with Gasteiger partial charge in [0.05, 0.1) is 0 Å². The Balaban J connectivity index is -0.00000155. The highest BCUT2D eigenvalue weighted by Crippen LogP contribution is 2.37. The molecule has 4 rings (SSSR count). The number of alkyl carbamates (subject to hydrolysis) is 4. The number of rotatable bonds is 18. The highest BCUT2D eigenvalue weighted by Gasteiger charge is 2.30. The smallest absolute Gasteiger partial charge is 0.410 e. The first-order chi connectivity index (χ1) is 28.0. The number of amides is 4. The molecule has 4 aliphatic rings. The lowest BCUT2D eigenvalue weighted by Gasteiger charge is -2.34. The summed E-state index contributed by atoms with van der Waals surface area (Å²) in [5, 5.41) is 11.7. The van der Waals surface area contributed by atoms with Crippen LogP contribution in [-0.2, 0) is 38.0 Å². The zero-order valence-electron chi connectivity index (χ0n) is 34.2. The normalized spacial score (nSPS) is 24.2. The average molecular weight is 947 g/mol. The third-order valence-electron chi connectivity index (χ3n) is 12.1. The van der Waals surface area contributed by atoms with Crippen molar-refractivity contribution >= 4 is 36.3 Å². The van der Waals surface area contributed by atoms with E-state index in [1.807, 2.05) is 0 Å². The molecule has 0 spiro atoms. The average Bonchev–Trinajstić information content (AvgIpc) is 3.21. The summed E-state index contributed by atoms with van der Waals surface area (Å²) >= 11 is 0. The SMILES string of the molecule is C.C.C.C.C.C.C.C.C=CC(=O)OCCOC(=O)NC1CCC(CC2CCC(NC(=O)OCC(C)OC(=O)NC3CCC(CC4CCC(NC(=O)OCOC(=O)C=C)CC4)CC3)CC2)CC1.